The highest BCUT2D eigenvalue weighted by Gasteiger charge is 2.37. The third kappa shape index (κ3) is 4.79. The van der Waals surface area contributed by atoms with Crippen LogP contribution >= 0.6 is 0 Å². The Bertz CT molecular complexity index is 956. The molecule has 2 aromatic rings. The molecule has 3 rings (SSSR count). The van der Waals surface area contributed by atoms with Crippen molar-refractivity contribution in [3.05, 3.63) is 53.6 Å². The third-order valence-electron chi connectivity index (χ3n) is 5.10. The Morgan fingerprint density at radius 2 is 1.97 bits per heavy atom. The second kappa shape index (κ2) is 9.43. The molecule has 2 aromatic carbocycles. The summed E-state index contributed by atoms with van der Waals surface area (Å²) >= 11 is 0. The Balaban J connectivity index is 1.57. The maximum absolute atomic E-state index is 12.5. The molecular formula is C23H26N2O5. The Kier molecular flexibility index (Phi) is 6.72. The van der Waals surface area contributed by atoms with Crippen LogP contribution in [0.4, 0.5) is 11.4 Å². The number of methoxy groups -OCH3 is 1. The van der Waals surface area contributed by atoms with Gasteiger partial charge < -0.3 is 19.7 Å². The number of amides is 2. The van der Waals surface area contributed by atoms with Gasteiger partial charge in [0.05, 0.1) is 18.7 Å². The van der Waals surface area contributed by atoms with Crippen molar-refractivity contribution >= 4 is 29.2 Å². The van der Waals surface area contributed by atoms with E-state index < -0.39 is 24.4 Å². The highest BCUT2D eigenvalue weighted by atomic mass is 16.5. The van der Waals surface area contributed by atoms with Gasteiger partial charge in [-0.2, -0.15) is 0 Å². The number of nitrogens with one attached hydrogen (secondary N) is 1. The van der Waals surface area contributed by atoms with E-state index in [-0.39, 0.29) is 18.9 Å². The number of benzene rings is 2. The lowest BCUT2D eigenvalue weighted by molar-refractivity contribution is -0.151. The molecule has 1 atom stereocenters. The summed E-state index contributed by atoms with van der Waals surface area (Å²) in [5.41, 5.74) is 3.34. The monoisotopic (exact) mass is 410 g/mol. The van der Waals surface area contributed by atoms with Crippen molar-refractivity contribution in [3.63, 3.8) is 0 Å². The minimum Gasteiger partial charge on any atom is -0.495 e. The number of hydrogen-bond acceptors (Lipinski definition) is 5. The first-order valence-electron chi connectivity index (χ1n) is 9.92. The summed E-state index contributed by atoms with van der Waals surface area (Å²) in [6, 6.07) is 13.0. The number of esters is 1. The van der Waals surface area contributed by atoms with E-state index in [1.807, 2.05) is 44.2 Å². The Morgan fingerprint density at radius 3 is 2.70 bits per heavy atom. The van der Waals surface area contributed by atoms with Gasteiger partial charge >= 0.3 is 5.97 Å². The fourth-order valence-electron chi connectivity index (χ4n) is 3.53. The zero-order valence-electron chi connectivity index (χ0n) is 17.4. The van der Waals surface area contributed by atoms with Gasteiger partial charge in [-0.15, -0.1) is 0 Å². The van der Waals surface area contributed by atoms with Crippen LogP contribution in [0.1, 0.15) is 24.5 Å². The third-order valence-corrected chi connectivity index (χ3v) is 5.10. The van der Waals surface area contributed by atoms with E-state index in [0.717, 1.165) is 23.2 Å². The minimum absolute atomic E-state index is 0.0736. The van der Waals surface area contributed by atoms with E-state index in [1.54, 1.807) is 17.0 Å². The molecule has 0 bridgehead atoms. The molecule has 1 heterocycles. The average molecular weight is 410 g/mol. The fraction of sp³-hybridized carbons (Fsp3) is 0.348. The molecule has 1 aliphatic rings. The van der Waals surface area contributed by atoms with Crippen molar-refractivity contribution < 1.29 is 23.9 Å². The molecule has 0 spiro atoms. The predicted octanol–water partition coefficient (Wildman–Crippen LogP) is 3.10. The molecule has 0 aromatic heterocycles. The van der Waals surface area contributed by atoms with Gasteiger partial charge in [-0.3, -0.25) is 14.4 Å². The van der Waals surface area contributed by atoms with Gasteiger partial charge in [-0.25, -0.2) is 0 Å². The topological polar surface area (TPSA) is 84.9 Å². The normalized spacial score (nSPS) is 15.8. The second-order valence-corrected chi connectivity index (χ2v) is 7.25. The molecule has 0 radical (unpaired) electrons. The summed E-state index contributed by atoms with van der Waals surface area (Å²) in [4.78, 5) is 38.8. The van der Waals surface area contributed by atoms with Crippen molar-refractivity contribution in [1.82, 2.24) is 0 Å². The summed E-state index contributed by atoms with van der Waals surface area (Å²) < 4.78 is 10.4. The van der Waals surface area contributed by atoms with E-state index >= 15 is 0 Å². The lowest BCUT2D eigenvalue weighted by Gasteiger charge is -2.19. The van der Waals surface area contributed by atoms with Gasteiger partial charge in [0.2, 0.25) is 5.91 Å². The van der Waals surface area contributed by atoms with E-state index in [2.05, 4.69) is 5.32 Å². The van der Waals surface area contributed by atoms with Gasteiger partial charge in [0.25, 0.3) is 5.91 Å². The van der Waals surface area contributed by atoms with Crippen LogP contribution in [0.25, 0.3) is 0 Å². The maximum Gasteiger partial charge on any atom is 0.311 e. The summed E-state index contributed by atoms with van der Waals surface area (Å²) in [5, 5.41) is 2.69. The number of carbonyl (C=O) groups is 3. The molecule has 7 nitrogen and oxygen atoms in total. The Morgan fingerprint density at radius 1 is 1.20 bits per heavy atom. The lowest BCUT2D eigenvalue weighted by Crippen LogP contribution is -2.28. The van der Waals surface area contributed by atoms with Crippen molar-refractivity contribution in [3.8, 4) is 5.75 Å². The largest absolute Gasteiger partial charge is 0.495 e. The number of carbonyl (C=O) groups excluding carboxylic acids is 3. The molecule has 1 saturated heterocycles. The molecule has 2 amide bonds. The van der Waals surface area contributed by atoms with Crippen LogP contribution in [-0.2, 0) is 25.5 Å². The highest BCUT2D eigenvalue weighted by Crippen LogP contribution is 2.29. The molecule has 0 unspecified atom stereocenters. The van der Waals surface area contributed by atoms with E-state index in [0.29, 0.717) is 11.4 Å². The summed E-state index contributed by atoms with van der Waals surface area (Å²) in [7, 11) is 1.51. The first-order chi connectivity index (χ1) is 14.4. The van der Waals surface area contributed by atoms with Crippen LogP contribution in [0.2, 0.25) is 0 Å². The first-order valence-corrected chi connectivity index (χ1v) is 9.92. The fourth-order valence-corrected chi connectivity index (χ4v) is 3.53. The van der Waals surface area contributed by atoms with Crippen LogP contribution in [0.15, 0.2) is 42.5 Å². The summed E-state index contributed by atoms with van der Waals surface area (Å²) in [5.74, 6) is -1.21. The number of nitrogens with zero attached hydrogens (tertiary/aromatic N) is 1. The smallest absolute Gasteiger partial charge is 0.311 e. The molecule has 7 heteroatoms. The van der Waals surface area contributed by atoms with Gasteiger partial charge in [-0.05, 0) is 42.7 Å². The standard InChI is InChI=1S/C23H26N2O5/c1-4-16-7-5-6-8-19(16)25-13-17(12-22(25)27)23(28)30-14-21(26)24-18-11-15(2)9-10-20(18)29-3/h5-11,17H,4,12-14H2,1-3H3,(H,24,26)/t17-/m1/s1. The number of para-hydroxylation sites is 1. The van der Waals surface area contributed by atoms with Crippen molar-refractivity contribution in [2.45, 2.75) is 26.7 Å². The molecule has 30 heavy (non-hydrogen) atoms. The first kappa shape index (κ1) is 21.4. The number of ether oxygens (including phenoxy) is 2. The van der Waals surface area contributed by atoms with Gasteiger partial charge in [-0.1, -0.05) is 31.2 Å². The van der Waals surface area contributed by atoms with Crippen LogP contribution in [0.5, 0.6) is 5.75 Å². The highest BCUT2D eigenvalue weighted by molar-refractivity contribution is 6.00. The molecule has 1 aliphatic heterocycles. The second-order valence-electron chi connectivity index (χ2n) is 7.25. The van der Waals surface area contributed by atoms with E-state index in [9.17, 15) is 14.4 Å². The maximum atomic E-state index is 12.5. The van der Waals surface area contributed by atoms with Crippen LogP contribution in [0, 0.1) is 12.8 Å². The van der Waals surface area contributed by atoms with Crippen LogP contribution in [0.3, 0.4) is 0 Å². The van der Waals surface area contributed by atoms with Gasteiger partial charge in [0, 0.05) is 18.7 Å². The van der Waals surface area contributed by atoms with Crippen molar-refractivity contribution in [2.75, 3.05) is 30.5 Å². The molecule has 158 valence electrons. The Labute approximate surface area is 176 Å². The minimum atomic E-state index is -0.594. The Hall–Kier alpha value is -3.35. The molecule has 0 saturated carbocycles. The quantitative estimate of drug-likeness (QED) is 0.709. The van der Waals surface area contributed by atoms with Gasteiger partial charge in [0.1, 0.15) is 5.75 Å². The number of hydrogen-bond donors (Lipinski definition) is 1. The number of rotatable bonds is 7. The zero-order chi connectivity index (χ0) is 21.7. The predicted molar refractivity (Wildman–Crippen MR) is 114 cm³/mol. The van der Waals surface area contributed by atoms with Gasteiger partial charge in [0.15, 0.2) is 6.61 Å². The van der Waals surface area contributed by atoms with Crippen LogP contribution in [-0.4, -0.2) is 38.0 Å². The lowest BCUT2D eigenvalue weighted by atomic mass is 10.1. The van der Waals surface area contributed by atoms with E-state index in [1.165, 1.54) is 7.11 Å². The number of aryl methyl sites for hydroxylation is 2. The number of anilines is 2. The van der Waals surface area contributed by atoms with E-state index in [4.69, 9.17) is 9.47 Å². The molecule has 0 aliphatic carbocycles. The zero-order valence-corrected chi connectivity index (χ0v) is 17.4. The van der Waals surface area contributed by atoms with Crippen molar-refractivity contribution in [1.29, 1.82) is 0 Å². The van der Waals surface area contributed by atoms with Crippen LogP contribution < -0.4 is 15.0 Å². The molecule has 1 N–H and O–H groups in total. The average Bonchev–Trinajstić information content (AvgIpc) is 3.13. The molecular weight excluding hydrogens is 384 g/mol. The molecule has 1 fully saturated rings. The van der Waals surface area contributed by atoms with Crippen molar-refractivity contribution in [2.24, 2.45) is 5.92 Å². The summed E-state index contributed by atoms with van der Waals surface area (Å²) in [6.45, 7) is 3.75. The summed E-state index contributed by atoms with van der Waals surface area (Å²) in [6.07, 6.45) is 0.863. The SMILES string of the molecule is CCc1ccccc1N1C[C@H](C(=O)OCC(=O)Nc2cc(C)ccc2OC)CC1=O.